The number of rotatable bonds is 5. The van der Waals surface area contributed by atoms with Crippen molar-refractivity contribution < 1.29 is 33.6 Å². The number of alkyl halides is 1. The molecule has 1 aliphatic carbocycles. The third kappa shape index (κ3) is 2.24. The van der Waals surface area contributed by atoms with Gasteiger partial charge in [0.2, 0.25) is 16.3 Å². The van der Waals surface area contributed by atoms with Gasteiger partial charge in [0.1, 0.15) is 0 Å². The van der Waals surface area contributed by atoms with E-state index in [4.69, 9.17) is 30.5 Å². The molecular weight excluding hydrogens is 364 g/mol. The Morgan fingerprint density at radius 3 is 1.92 bits per heavy atom. The van der Waals surface area contributed by atoms with E-state index < -0.39 is 33.6 Å². The number of carbonyl (C=O) groups excluding carboxylic acids is 2. The summed E-state index contributed by atoms with van der Waals surface area (Å²) in [5.74, 6) is -4.20. The van der Waals surface area contributed by atoms with E-state index in [0.29, 0.717) is 5.56 Å². The summed E-state index contributed by atoms with van der Waals surface area (Å²) in [5.41, 5.74) is -3.07. The fraction of sp³-hybridized carbons (Fsp3) is 0.556. The van der Waals surface area contributed by atoms with Crippen molar-refractivity contribution in [2.45, 2.75) is 35.0 Å². The maximum atomic E-state index is 12.9. The van der Waals surface area contributed by atoms with Crippen molar-refractivity contribution in [2.75, 3.05) is 28.4 Å². The van der Waals surface area contributed by atoms with E-state index in [0.717, 1.165) is 14.2 Å². The lowest BCUT2D eigenvalue weighted by atomic mass is 9.72. The molecule has 1 saturated carbocycles. The first-order valence-corrected chi connectivity index (χ1v) is 8.27. The number of aliphatic hydroxyl groups is 1. The lowest BCUT2D eigenvalue weighted by Crippen LogP contribution is -2.70. The van der Waals surface area contributed by atoms with Crippen molar-refractivity contribution in [3.63, 3.8) is 0 Å². The minimum absolute atomic E-state index is 0.295. The van der Waals surface area contributed by atoms with E-state index in [1.54, 1.807) is 37.3 Å². The molecule has 7 nitrogen and oxygen atoms in total. The Morgan fingerprint density at radius 1 is 1.00 bits per heavy atom. The van der Waals surface area contributed by atoms with Crippen LogP contribution >= 0.6 is 11.6 Å². The van der Waals surface area contributed by atoms with Gasteiger partial charge in [-0.2, -0.15) is 0 Å². The van der Waals surface area contributed by atoms with Crippen molar-refractivity contribution in [1.82, 2.24) is 0 Å². The molecule has 1 aromatic rings. The van der Waals surface area contributed by atoms with E-state index in [9.17, 15) is 14.7 Å². The molecule has 1 aromatic carbocycles. The molecule has 2 rings (SSSR count). The van der Waals surface area contributed by atoms with Crippen molar-refractivity contribution in [1.29, 1.82) is 0 Å². The molecule has 1 N–H and O–H groups in total. The molecule has 3 atom stereocenters. The van der Waals surface area contributed by atoms with Crippen LogP contribution in [0.15, 0.2) is 30.3 Å². The largest absolute Gasteiger partial charge is 0.468 e. The first kappa shape index (κ1) is 20.6. The van der Waals surface area contributed by atoms with Gasteiger partial charge in [-0.1, -0.05) is 48.9 Å². The van der Waals surface area contributed by atoms with Gasteiger partial charge >= 0.3 is 11.9 Å². The lowest BCUT2D eigenvalue weighted by molar-refractivity contribution is -0.295. The second kappa shape index (κ2) is 6.81. The highest BCUT2D eigenvalue weighted by molar-refractivity contribution is 6.37. The molecule has 0 bridgehead atoms. The molecule has 1 fully saturated rings. The fourth-order valence-electron chi connectivity index (χ4n) is 4.08. The highest BCUT2D eigenvalue weighted by Crippen LogP contribution is 2.63. The number of carbonyl (C=O) groups is 2. The molecule has 0 amide bonds. The second-order valence-electron chi connectivity index (χ2n) is 6.40. The first-order valence-electron chi connectivity index (χ1n) is 7.89. The van der Waals surface area contributed by atoms with Crippen LogP contribution in [-0.4, -0.2) is 61.7 Å². The quantitative estimate of drug-likeness (QED) is 0.464. The summed E-state index contributed by atoms with van der Waals surface area (Å²) < 4.78 is 20.6. The Bertz CT molecular complexity index is 690. The molecule has 0 spiro atoms. The van der Waals surface area contributed by atoms with Crippen molar-refractivity contribution in [3.05, 3.63) is 35.9 Å². The van der Waals surface area contributed by atoms with Gasteiger partial charge in [0, 0.05) is 26.1 Å². The summed E-state index contributed by atoms with van der Waals surface area (Å²) in [5, 5.41) is 11.3. The zero-order valence-corrected chi connectivity index (χ0v) is 16.1. The highest BCUT2D eigenvalue weighted by atomic mass is 35.5. The summed E-state index contributed by atoms with van der Waals surface area (Å²) in [6.07, 6.45) is -0.295. The van der Waals surface area contributed by atoms with Gasteiger partial charge in [-0.15, -0.1) is 0 Å². The van der Waals surface area contributed by atoms with Gasteiger partial charge in [-0.25, -0.2) is 9.59 Å². The fourth-order valence-corrected chi connectivity index (χ4v) is 4.65. The maximum absolute atomic E-state index is 12.9. The number of benzene rings is 1. The number of ether oxygens (including phenoxy) is 4. The molecule has 0 saturated heterocycles. The third-order valence-corrected chi connectivity index (χ3v) is 6.16. The monoisotopic (exact) mass is 386 g/mol. The normalized spacial score (nSPS) is 32.9. The maximum Gasteiger partial charge on any atom is 0.343 e. The third-order valence-electron chi connectivity index (χ3n) is 5.34. The number of halogens is 1. The summed E-state index contributed by atoms with van der Waals surface area (Å²) >= 11 is 6.88. The number of hydrogen-bond donors (Lipinski definition) is 1. The van der Waals surface area contributed by atoms with Gasteiger partial charge in [0.25, 0.3) is 0 Å². The summed E-state index contributed by atoms with van der Waals surface area (Å²) in [6.45, 7) is 1.64. The van der Waals surface area contributed by atoms with Crippen LogP contribution in [0.25, 0.3) is 0 Å². The summed E-state index contributed by atoms with van der Waals surface area (Å²) in [7, 11) is 4.65. The van der Waals surface area contributed by atoms with E-state index >= 15 is 0 Å². The predicted octanol–water partition coefficient (Wildman–Crippen LogP) is 1.39. The standard InChI is InChI=1S/C18H23ClO7/c1-15(12-9-7-6-8-10-12)11-16(22,13(20)23-2)18(25-4,26-5)17(15,19)14(21)24-3/h6-10,22H,11H2,1-5H3/t15-,16+,17-/m0/s1. The van der Waals surface area contributed by atoms with E-state index in [1.165, 1.54) is 14.2 Å². The molecule has 144 valence electrons. The van der Waals surface area contributed by atoms with E-state index in [2.05, 4.69) is 0 Å². The van der Waals surface area contributed by atoms with Crippen LogP contribution in [0.2, 0.25) is 0 Å². The summed E-state index contributed by atoms with van der Waals surface area (Å²) in [6, 6.07) is 8.78. The number of methoxy groups -OCH3 is 4. The average Bonchev–Trinajstić information content (AvgIpc) is 2.83. The van der Waals surface area contributed by atoms with Crippen LogP contribution in [0.5, 0.6) is 0 Å². The van der Waals surface area contributed by atoms with Crippen molar-refractivity contribution in [2.24, 2.45) is 0 Å². The van der Waals surface area contributed by atoms with Crippen molar-refractivity contribution >= 4 is 23.5 Å². The van der Waals surface area contributed by atoms with Crippen LogP contribution in [0.4, 0.5) is 0 Å². The number of hydrogen-bond acceptors (Lipinski definition) is 7. The summed E-state index contributed by atoms with van der Waals surface area (Å²) in [4.78, 5) is 23.3. The van der Waals surface area contributed by atoms with Gasteiger partial charge in [-0.05, 0) is 5.56 Å². The molecule has 8 heteroatoms. The molecule has 0 unspecified atom stereocenters. The highest BCUT2D eigenvalue weighted by Gasteiger charge is 2.84. The molecular formula is C18H23ClO7. The molecule has 0 aromatic heterocycles. The molecule has 0 heterocycles. The Balaban J connectivity index is 2.90. The molecule has 0 radical (unpaired) electrons. The Labute approximate surface area is 157 Å². The van der Waals surface area contributed by atoms with Gasteiger partial charge in [0.05, 0.1) is 14.2 Å². The average molecular weight is 387 g/mol. The Morgan fingerprint density at radius 2 is 1.50 bits per heavy atom. The zero-order chi connectivity index (χ0) is 19.8. The zero-order valence-electron chi connectivity index (χ0n) is 15.4. The van der Waals surface area contributed by atoms with Crippen LogP contribution in [0.3, 0.4) is 0 Å². The van der Waals surface area contributed by atoms with Crippen molar-refractivity contribution in [3.8, 4) is 0 Å². The van der Waals surface area contributed by atoms with Gasteiger partial charge in [-0.3, -0.25) is 0 Å². The molecule has 26 heavy (non-hydrogen) atoms. The van der Waals surface area contributed by atoms with E-state index in [-0.39, 0.29) is 6.42 Å². The minimum Gasteiger partial charge on any atom is -0.468 e. The first-order chi connectivity index (χ1) is 12.1. The topological polar surface area (TPSA) is 91.3 Å². The van der Waals surface area contributed by atoms with Crippen LogP contribution in [-0.2, 0) is 34.0 Å². The van der Waals surface area contributed by atoms with Gasteiger partial charge < -0.3 is 24.1 Å². The van der Waals surface area contributed by atoms with Crippen LogP contribution in [0.1, 0.15) is 18.9 Å². The molecule has 0 aliphatic heterocycles. The second-order valence-corrected chi connectivity index (χ2v) is 6.97. The SMILES string of the molecule is COC(=O)[C@]1(O)C[C@@](C)(c2ccccc2)[C@@](Cl)(C(=O)OC)C1(OC)OC. The number of esters is 2. The Hall–Kier alpha value is -1.67. The Kier molecular flexibility index (Phi) is 5.41. The van der Waals surface area contributed by atoms with E-state index in [1.807, 2.05) is 0 Å². The smallest absolute Gasteiger partial charge is 0.343 e. The van der Waals surface area contributed by atoms with Gasteiger partial charge in [0.15, 0.2) is 0 Å². The van der Waals surface area contributed by atoms with Crippen LogP contribution < -0.4 is 0 Å². The minimum atomic E-state index is -2.37. The molecule has 1 aliphatic rings. The lowest BCUT2D eigenvalue weighted by Gasteiger charge is -2.46. The predicted molar refractivity (Wildman–Crippen MR) is 92.7 cm³/mol. The van der Waals surface area contributed by atoms with Crippen LogP contribution in [0, 0.1) is 0 Å².